The Balaban J connectivity index is 3.14. The van der Waals surface area contributed by atoms with Crippen molar-refractivity contribution < 1.29 is 27.8 Å². The van der Waals surface area contributed by atoms with Crippen LogP contribution >= 0.6 is 15.9 Å². The number of methoxy groups -OCH3 is 2. The molecule has 0 spiro atoms. The summed E-state index contributed by atoms with van der Waals surface area (Å²) in [5, 5.41) is 2.28. The van der Waals surface area contributed by atoms with Gasteiger partial charge in [-0.25, -0.2) is 18.4 Å². The maximum absolute atomic E-state index is 13.6. The molecule has 0 heterocycles. The van der Waals surface area contributed by atoms with Crippen molar-refractivity contribution in [2.75, 3.05) is 19.5 Å². The number of ether oxygens (including phenoxy) is 2. The van der Waals surface area contributed by atoms with E-state index in [1.165, 1.54) is 0 Å². The summed E-state index contributed by atoms with van der Waals surface area (Å²) in [5.41, 5.74) is -0.716. The van der Waals surface area contributed by atoms with Gasteiger partial charge in [0.05, 0.1) is 30.5 Å². The number of halogens is 3. The summed E-state index contributed by atoms with van der Waals surface area (Å²) in [7, 11) is 2.18. The lowest BCUT2D eigenvalue weighted by atomic mass is 10.2. The summed E-state index contributed by atoms with van der Waals surface area (Å²) >= 11 is 2.82. The van der Waals surface area contributed by atoms with Gasteiger partial charge in [0, 0.05) is 6.07 Å². The molecule has 0 saturated carbocycles. The van der Waals surface area contributed by atoms with Crippen LogP contribution in [0, 0.1) is 11.6 Å². The zero-order valence-electron chi connectivity index (χ0n) is 10.5. The van der Waals surface area contributed by atoms with Crippen LogP contribution in [0.15, 0.2) is 28.4 Å². The third-order valence-corrected chi connectivity index (χ3v) is 2.76. The van der Waals surface area contributed by atoms with Gasteiger partial charge >= 0.3 is 11.9 Å². The molecule has 20 heavy (non-hydrogen) atoms. The molecule has 1 N–H and O–H groups in total. The minimum absolute atomic E-state index is 0.0721. The number of hydrogen-bond donors (Lipinski definition) is 1. The molecule has 0 amide bonds. The number of anilines is 1. The first-order valence-corrected chi connectivity index (χ1v) is 5.97. The fraction of sp³-hybridized carbons (Fsp3) is 0.167. The van der Waals surface area contributed by atoms with Crippen molar-refractivity contribution in [2.45, 2.75) is 0 Å². The summed E-state index contributed by atoms with van der Waals surface area (Å²) in [5.74, 6) is -3.34. The van der Waals surface area contributed by atoms with Crippen LogP contribution in [0.3, 0.4) is 0 Å². The van der Waals surface area contributed by atoms with Crippen LogP contribution in [-0.4, -0.2) is 26.2 Å². The molecule has 8 heteroatoms. The third-order valence-electron chi connectivity index (χ3n) is 2.15. The molecule has 0 aliphatic heterocycles. The number of benzene rings is 1. The van der Waals surface area contributed by atoms with E-state index in [4.69, 9.17) is 0 Å². The molecular weight excluding hydrogens is 340 g/mol. The van der Waals surface area contributed by atoms with Gasteiger partial charge < -0.3 is 14.8 Å². The number of hydrogen-bond acceptors (Lipinski definition) is 5. The lowest BCUT2D eigenvalue weighted by molar-refractivity contribution is -0.138. The number of carbonyl (C=O) groups is 2. The van der Waals surface area contributed by atoms with Crippen LogP contribution in [-0.2, 0) is 19.1 Å². The van der Waals surface area contributed by atoms with Crippen molar-refractivity contribution in [3.63, 3.8) is 0 Å². The van der Waals surface area contributed by atoms with Crippen molar-refractivity contribution in [3.05, 3.63) is 40.0 Å². The van der Waals surface area contributed by atoms with Crippen molar-refractivity contribution in [3.8, 4) is 0 Å². The van der Waals surface area contributed by atoms with Crippen LogP contribution in [0.1, 0.15) is 0 Å². The first kappa shape index (κ1) is 16.1. The summed E-state index contributed by atoms with van der Waals surface area (Å²) in [4.78, 5) is 22.6. The molecule has 0 atom stereocenters. The van der Waals surface area contributed by atoms with Crippen LogP contribution < -0.4 is 5.32 Å². The minimum Gasteiger partial charge on any atom is -0.466 e. The lowest BCUT2D eigenvalue weighted by Crippen LogP contribution is -2.16. The van der Waals surface area contributed by atoms with Gasteiger partial charge in [0.1, 0.15) is 17.3 Å². The highest BCUT2D eigenvalue weighted by molar-refractivity contribution is 9.10. The van der Waals surface area contributed by atoms with Gasteiger partial charge in [0.25, 0.3) is 0 Å². The van der Waals surface area contributed by atoms with Gasteiger partial charge in [0.2, 0.25) is 0 Å². The maximum atomic E-state index is 13.6. The van der Waals surface area contributed by atoms with Gasteiger partial charge in [-0.05, 0) is 22.0 Å². The van der Waals surface area contributed by atoms with Gasteiger partial charge in [-0.2, -0.15) is 0 Å². The molecule has 0 aliphatic rings. The molecule has 0 unspecified atom stereocenters. The number of esters is 2. The zero-order valence-corrected chi connectivity index (χ0v) is 12.1. The Morgan fingerprint density at radius 1 is 1.20 bits per heavy atom. The number of nitrogens with one attached hydrogen (secondary N) is 1. The second-order valence-electron chi connectivity index (χ2n) is 3.44. The summed E-state index contributed by atoms with van der Waals surface area (Å²) in [6.07, 6.45) is 0.769. The van der Waals surface area contributed by atoms with Crippen LogP contribution in [0.5, 0.6) is 0 Å². The standard InChI is InChI=1S/C12H10BrF2NO4/c1-19-11(17)5-10(12(18)20-2)16-9-4-7(14)6(13)3-8(9)15/h3-5,16H,1-2H3/b10-5+. The fourth-order valence-electron chi connectivity index (χ4n) is 1.20. The Labute approximate surface area is 121 Å². The van der Waals surface area contributed by atoms with Crippen molar-refractivity contribution >= 4 is 33.6 Å². The Morgan fingerprint density at radius 2 is 1.85 bits per heavy atom. The minimum atomic E-state index is -0.932. The van der Waals surface area contributed by atoms with E-state index >= 15 is 0 Å². The smallest absolute Gasteiger partial charge is 0.354 e. The molecule has 0 aliphatic carbocycles. The van der Waals surface area contributed by atoms with Gasteiger partial charge in [-0.3, -0.25) is 0 Å². The second kappa shape index (κ2) is 6.99. The molecule has 108 valence electrons. The van der Waals surface area contributed by atoms with Gasteiger partial charge in [-0.1, -0.05) is 0 Å². The predicted molar refractivity (Wildman–Crippen MR) is 69.8 cm³/mol. The van der Waals surface area contributed by atoms with E-state index < -0.39 is 23.6 Å². The molecule has 1 rings (SSSR count). The van der Waals surface area contributed by atoms with Crippen LogP contribution in [0.2, 0.25) is 0 Å². The predicted octanol–water partition coefficient (Wildman–Crippen LogP) is 2.37. The Hall–Kier alpha value is -1.96. The highest BCUT2D eigenvalue weighted by Crippen LogP contribution is 2.24. The molecule has 0 aromatic heterocycles. The van der Waals surface area contributed by atoms with Gasteiger partial charge in [0.15, 0.2) is 0 Å². The average Bonchev–Trinajstić information content (AvgIpc) is 2.42. The maximum Gasteiger partial charge on any atom is 0.354 e. The largest absolute Gasteiger partial charge is 0.466 e. The van der Waals surface area contributed by atoms with Crippen LogP contribution in [0.4, 0.5) is 14.5 Å². The van der Waals surface area contributed by atoms with E-state index in [2.05, 4.69) is 30.7 Å². The van der Waals surface area contributed by atoms with Crippen LogP contribution in [0.25, 0.3) is 0 Å². The van der Waals surface area contributed by atoms with Crippen molar-refractivity contribution in [1.29, 1.82) is 0 Å². The normalized spacial score (nSPS) is 10.9. The zero-order chi connectivity index (χ0) is 15.3. The second-order valence-corrected chi connectivity index (χ2v) is 4.30. The first-order chi connectivity index (χ1) is 9.38. The molecular formula is C12H10BrF2NO4. The number of rotatable bonds is 4. The lowest BCUT2D eigenvalue weighted by Gasteiger charge is -2.10. The molecule has 0 radical (unpaired) electrons. The topological polar surface area (TPSA) is 64.6 Å². The van der Waals surface area contributed by atoms with E-state index in [9.17, 15) is 18.4 Å². The first-order valence-electron chi connectivity index (χ1n) is 5.18. The van der Waals surface area contributed by atoms with Crippen molar-refractivity contribution in [1.82, 2.24) is 0 Å². The average molecular weight is 350 g/mol. The molecule has 0 fully saturated rings. The quantitative estimate of drug-likeness (QED) is 0.513. The molecule has 0 saturated heterocycles. The highest BCUT2D eigenvalue weighted by atomic mass is 79.9. The van der Waals surface area contributed by atoms with Gasteiger partial charge in [-0.15, -0.1) is 0 Å². The highest BCUT2D eigenvalue weighted by Gasteiger charge is 2.16. The monoisotopic (exact) mass is 349 g/mol. The molecule has 1 aromatic carbocycles. The number of carbonyl (C=O) groups excluding carboxylic acids is 2. The third kappa shape index (κ3) is 4.02. The summed E-state index contributed by atoms with van der Waals surface area (Å²) < 4.78 is 35.7. The molecule has 0 bridgehead atoms. The van der Waals surface area contributed by atoms with E-state index in [-0.39, 0.29) is 15.9 Å². The summed E-state index contributed by atoms with van der Waals surface area (Å²) in [6, 6.07) is 1.71. The Kier molecular flexibility index (Phi) is 5.63. The SMILES string of the molecule is COC(=O)/C=C(/Nc1cc(F)c(Br)cc1F)C(=O)OC. The van der Waals surface area contributed by atoms with E-state index in [0.29, 0.717) is 0 Å². The molecule has 5 nitrogen and oxygen atoms in total. The Morgan fingerprint density at radius 3 is 2.40 bits per heavy atom. The van der Waals surface area contributed by atoms with Crippen molar-refractivity contribution in [2.24, 2.45) is 0 Å². The molecule has 1 aromatic rings. The van der Waals surface area contributed by atoms with E-state index in [1.807, 2.05) is 0 Å². The fourth-order valence-corrected chi connectivity index (χ4v) is 1.51. The van der Waals surface area contributed by atoms with E-state index in [1.54, 1.807) is 0 Å². The summed E-state index contributed by atoms with van der Waals surface area (Å²) in [6.45, 7) is 0. The Bertz CT molecular complexity index is 575. The van der Waals surface area contributed by atoms with E-state index in [0.717, 1.165) is 32.4 Å².